The Hall–Kier alpha value is -2.95. The van der Waals surface area contributed by atoms with E-state index >= 15 is 0 Å². The minimum Gasteiger partial charge on any atom is -0.497 e. The number of hydrogen-bond acceptors (Lipinski definition) is 9. The molecule has 1 saturated heterocycles. The number of likely N-dealkylation sites (tertiary alicyclic amines) is 1. The molecular weight excluding hydrogens is 460 g/mol. The van der Waals surface area contributed by atoms with Gasteiger partial charge in [-0.2, -0.15) is 0 Å². The molecule has 2 aliphatic heterocycles. The number of nitrogens with one attached hydrogen (secondary N) is 1. The number of hydrogen-bond donors (Lipinski definition) is 1. The standard InChI is InChI=1S/C23H28N6O4.ClH/c1-31-18-2-3-19-20(13-18)29(23(30)27-26-19)9-8-28-6-4-16(5-7-28)24-14-17-12-21-22(15-25-17)33-11-10-32-21;/h2-3,12-13,15-16,24H,4-11,14H2,1H3;1H. The van der Waals surface area contributed by atoms with Crippen molar-refractivity contribution < 1.29 is 14.2 Å². The first-order chi connectivity index (χ1) is 16.2. The van der Waals surface area contributed by atoms with Crippen molar-refractivity contribution >= 4 is 23.4 Å². The Morgan fingerprint density at radius 3 is 2.68 bits per heavy atom. The maximum atomic E-state index is 12.4. The first-order valence-electron chi connectivity index (χ1n) is 11.3. The van der Waals surface area contributed by atoms with Crippen LogP contribution in [0.15, 0.2) is 35.3 Å². The first kappa shape index (κ1) is 24.2. The van der Waals surface area contributed by atoms with Gasteiger partial charge in [0.1, 0.15) is 24.5 Å². The number of piperidine rings is 1. The van der Waals surface area contributed by atoms with Crippen LogP contribution < -0.4 is 25.2 Å². The second kappa shape index (κ2) is 11.0. The van der Waals surface area contributed by atoms with Gasteiger partial charge in [0.15, 0.2) is 11.5 Å². The summed E-state index contributed by atoms with van der Waals surface area (Å²) in [6.45, 7) is 5.15. The Morgan fingerprint density at radius 1 is 1.09 bits per heavy atom. The number of rotatable bonds is 7. The number of nitrogens with zero attached hydrogens (tertiary/aromatic N) is 5. The van der Waals surface area contributed by atoms with Crippen molar-refractivity contribution in [2.24, 2.45) is 0 Å². The third-order valence-corrected chi connectivity index (χ3v) is 6.23. The highest BCUT2D eigenvalue weighted by Gasteiger charge is 2.20. The fourth-order valence-electron chi connectivity index (χ4n) is 4.34. The molecule has 1 aromatic carbocycles. The highest BCUT2D eigenvalue weighted by Crippen LogP contribution is 2.29. The molecule has 10 nitrogen and oxygen atoms in total. The summed E-state index contributed by atoms with van der Waals surface area (Å²) in [5.74, 6) is 2.19. The topological polar surface area (TPSA) is 104 Å². The number of pyridine rings is 1. The average molecular weight is 489 g/mol. The summed E-state index contributed by atoms with van der Waals surface area (Å²) in [5, 5.41) is 11.4. The van der Waals surface area contributed by atoms with Crippen LogP contribution in [-0.2, 0) is 13.1 Å². The Morgan fingerprint density at radius 2 is 1.88 bits per heavy atom. The van der Waals surface area contributed by atoms with Gasteiger partial charge in [0.05, 0.1) is 24.5 Å². The zero-order chi connectivity index (χ0) is 22.6. The first-order valence-corrected chi connectivity index (χ1v) is 11.3. The highest BCUT2D eigenvalue weighted by molar-refractivity contribution is 5.85. The zero-order valence-corrected chi connectivity index (χ0v) is 19.9. The van der Waals surface area contributed by atoms with Crippen LogP contribution in [0.2, 0.25) is 0 Å². The van der Waals surface area contributed by atoms with E-state index in [-0.39, 0.29) is 18.1 Å². The van der Waals surface area contributed by atoms with E-state index in [2.05, 4.69) is 25.4 Å². The van der Waals surface area contributed by atoms with Crippen molar-refractivity contribution in [2.45, 2.75) is 32.0 Å². The van der Waals surface area contributed by atoms with Crippen molar-refractivity contribution in [1.29, 1.82) is 0 Å². The molecule has 11 heteroatoms. The molecule has 4 heterocycles. The Bertz CT molecular complexity index is 1180. The summed E-state index contributed by atoms with van der Waals surface area (Å²) in [4.78, 5) is 19.2. The predicted octanol–water partition coefficient (Wildman–Crippen LogP) is 1.64. The second-order valence-corrected chi connectivity index (χ2v) is 8.30. The fourth-order valence-corrected chi connectivity index (χ4v) is 4.34. The summed E-state index contributed by atoms with van der Waals surface area (Å²) in [7, 11) is 1.61. The third kappa shape index (κ3) is 5.40. The second-order valence-electron chi connectivity index (χ2n) is 8.30. The maximum Gasteiger partial charge on any atom is 0.366 e. The van der Waals surface area contributed by atoms with Crippen molar-refractivity contribution in [3.63, 3.8) is 0 Å². The summed E-state index contributed by atoms with van der Waals surface area (Å²) >= 11 is 0. The molecule has 0 radical (unpaired) electrons. The molecule has 0 aliphatic carbocycles. The largest absolute Gasteiger partial charge is 0.497 e. The van der Waals surface area contributed by atoms with Crippen LogP contribution in [0.1, 0.15) is 18.5 Å². The van der Waals surface area contributed by atoms with Crippen molar-refractivity contribution in [3.05, 3.63) is 46.6 Å². The van der Waals surface area contributed by atoms with Crippen LogP contribution in [-0.4, -0.2) is 70.6 Å². The number of methoxy groups -OCH3 is 1. The smallest absolute Gasteiger partial charge is 0.366 e. The van der Waals surface area contributed by atoms with Gasteiger partial charge in [0, 0.05) is 37.8 Å². The lowest BCUT2D eigenvalue weighted by Crippen LogP contribution is -2.43. The quantitative estimate of drug-likeness (QED) is 0.531. The minimum atomic E-state index is -0.334. The lowest BCUT2D eigenvalue weighted by atomic mass is 10.0. The van der Waals surface area contributed by atoms with Gasteiger partial charge >= 0.3 is 5.69 Å². The summed E-state index contributed by atoms with van der Waals surface area (Å²) in [6, 6.07) is 7.88. The molecule has 5 rings (SSSR count). The van der Waals surface area contributed by atoms with Gasteiger partial charge in [-0.25, -0.2) is 4.79 Å². The number of ether oxygens (including phenoxy) is 3. The van der Waals surface area contributed by atoms with Gasteiger partial charge in [-0.3, -0.25) is 9.55 Å². The van der Waals surface area contributed by atoms with Gasteiger partial charge in [-0.15, -0.1) is 17.5 Å². The Labute approximate surface area is 203 Å². The highest BCUT2D eigenvalue weighted by atomic mass is 35.5. The van der Waals surface area contributed by atoms with Gasteiger partial charge in [0.25, 0.3) is 0 Å². The Balaban J connectivity index is 0.00000274. The molecule has 34 heavy (non-hydrogen) atoms. The lowest BCUT2D eigenvalue weighted by Gasteiger charge is -2.32. The number of benzene rings is 1. The summed E-state index contributed by atoms with van der Waals surface area (Å²) < 4.78 is 18.2. The van der Waals surface area contributed by atoms with Gasteiger partial charge in [0.2, 0.25) is 0 Å². The van der Waals surface area contributed by atoms with Gasteiger partial charge in [-0.1, -0.05) is 5.10 Å². The third-order valence-electron chi connectivity index (χ3n) is 6.23. The molecule has 0 unspecified atom stereocenters. The molecule has 2 aromatic heterocycles. The Kier molecular flexibility index (Phi) is 7.81. The molecule has 182 valence electrons. The molecule has 0 atom stereocenters. The summed E-state index contributed by atoms with van der Waals surface area (Å²) in [6.07, 6.45) is 3.83. The van der Waals surface area contributed by atoms with Crippen molar-refractivity contribution in [3.8, 4) is 17.2 Å². The fraction of sp³-hybridized carbons (Fsp3) is 0.478. The summed E-state index contributed by atoms with van der Waals surface area (Å²) in [5.41, 5.74) is 2.05. The van der Waals surface area contributed by atoms with E-state index in [0.717, 1.165) is 49.4 Å². The van der Waals surface area contributed by atoms with E-state index in [1.165, 1.54) is 0 Å². The van der Waals surface area contributed by atoms with Crippen LogP contribution in [0.5, 0.6) is 17.2 Å². The lowest BCUT2D eigenvalue weighted by molar-refractivity contribution is 0.170. The monoisotopic (exact) mass is 488 g/mol. The van der Waals surface area contributed by atoms with Gasteiger partial charge in [-0.05, 0) is 38.1 Å². The molecule has 2 aliphatic rings. The molecule has 0 bridgehead atoms. The molecule has 0 spiro atoms. The van der Waals surface area contributed by atoms with E-state index in [4.69, 9.17) is 14.2 Å². The maximum absolute atomic E-state index is 12.4. The normalized spacial score (nSPS) is 16.3. The number of fused-ring (bicyclic) bond motifs is 2. The molecule has 0 saturated carbocycles. The number of halogens is 1. The van der Waals surface area contributed by atoms with Crippen LogP contribution >= 0.6 is 12.4 Å². The molecule has 0 amide bonds. The van der Waals surface area contributed by atoms with E-state index < -0.39 is 0 Å². The van der Waals surface area contributed by atoms with E-state index in [9.17, 15) is 4.79 Å². The molecular formula is C23H29ClN6O4. The van der Waals surface area contributed by atoms with Crippen LogP contribution in [0, 0.1) is 0 Å². The van der Waals surface area contributed by atoms with Crippen LogP contribution in [0.3, 0.4) is 0 Å². The van der Waals surface area contributed by atoms with Gasteiger partial charge < -0.3 is 24.4 Å². The van der Waals surface area contributed by atoms with Crippen molar-refractivity contribution in [2.75, 3.05) is 40.0 Å². The van der Waals surface area contributed by atoms with Crippen LogP contribution in [0.4, 0.5) is 0 Å². The zero-order valence-electron chi connectivity index (χ0n) is 19.1. The number of aromatic nitrogens is 4. The molecule has 1 N–H and O–H groups in total. The molecule has 3 aromatic rings. The van der Waals surface area contributed by atoms with E-state index in [1.807, 2.05) is 24.3 Å². The predicted molar refractivity (Wildman–Crippen MR) is 129 cm³/mol. The molecule has 1 fully saturated rings. The van der Waals surface area contributed by atoms with E-state index in [0.29, 0.717) is 49.4 Å². The van der Waals surface area contributed by atoms with E-state index in [1.54, 1.807) is 17.9 Å². The SMILES string of the molecule is COc1ccc2nnc(=O)n(CCN3CCC(NCc4cc5c(cn4)OCCO5)CC3)c2c1.Cl. The van der Waals surface area contributed by atoms with Crippen molar-refractivity contribution in [1.82, 2.24) is 30.0 Å². The average Bonchev–Trinajstić information content (AvgIpc) is 2.87. The minimum absolute atomic E-state index is 0. The van der Waals surface area contributed by atoms with Crippen LogP contribution in [0.25, 0.3) is 11.0 Å².